The quantitative estimate of drug-likeness (QED) is 0.829. The van der Waals surface area contributed by atoms with E-state index in [2.05, 4.69) is 60.2 Å². The van der Waals surface area contributed by atoms with Gasteiger partial charge in [0.1, 0.15) is 0 Å². The minimum absolute atomic E-state index is 0.403. The van der Waals surface area contributed by atoms with Gasteiger partial charge in [-0.05, 0) is 58.8 Å². The molecule has 104 valence electrons. The van der Waals surface area contributed by atoms with E-state index in [-0.39, 0.29) is 0 Å². The molecule has 0 spiro atoms. The molecule has 2 rings (SSSR count). The van der Waals surface area contributed by atoms with Crippen LogP contribution in [0.15, 0.2) is 27.7 Å². The smallest absolute Gasteiger partial charge is 0.161 e. The van der Waals surface area contributed by atoms with Gasteiger partial charge < -0.3 is 5.32 Å². The second kappa shape index (κ2) is 6.31. The number of benzene rings is 1. The Balaban J connectivity index is 2.07. The maximum Gasteiger partial charge on any atom is 0.161 e. The first-order valence-corrected chi connectivity index (χ1v) is 8.57. The number of nitrogens with one attached hydrogen (secondary N) is 1. The largest absolute Gasteiger partial charge is 0.334 e. The van der Waals surface area contributed by atoms with Crippen molar-refractivity contribution in [2.24, 2.45) is 10.4 Å². The molecule has 1 N–H and O–H groups in total. The maximum atomic E-state index is 4.73. The molecule has 4 heteroatoms. The summed E-state index contributed by atoms with van der Waals surface area (Å²) in [7, 11) is 0. The van der Waals surface area contributed by atoms with Crippen LogP contribution in [-0.2, 0) is 0 Å². The SMILES string of the molecule is CCC1(CC)CN=C(Nc2ccc(C)cc2Br)SC1. The topological polar surface area (TPSA) is 24.4 Å². The number of aliphatic imine (C=N–C) groups is 1. The summed E-state index contributed by atoms with van der Waals surface area (Å²) in [6.45, 7) is 7.58. The summed E-state index contributed by atoms with van der Waals surface area (Å²) in [6, 6.07) is 6.34. The number of halogens is 1. The number of amidine groups is 1. The molecule has 1 aliphatic rings. The fourth-order valence-electron chi connectivity index (χ4n) is 2.14. The van der Waals surface area contributed by atoms with Crippen molar-refractivity contribution in [3.63, 3.8) is 0 Å². The summed E-state index contributed by atoms with van der Waals surface area (Å²) in [4.78, 5) is 4.73. The number of aryl methyl sites for hydroxylation is 1. The van der Waals surface area contributed by atoms with Gasteiger partial charge in [0, 0.05) is 16.8 Å². The lowest BCUT2D eigenvalue weighted by atomic mass is 9.84. The lowest BCUT2D eigenvalue weighted by Gasteiger charge is -2.33. The maximum absolute atomic E-state index is 4.73. The Morgan fingerprint density at radius 2 is 2.11 bits per heavy atom. The average Bonchev–Trinajstić information content (AvgIpc) is 2.43. The standard InChI is InChI=1S/C15H21BrN2S/c1-4-15(5-2)9-17-14(19-10-15)18-13-7-6-11(3)8-12(13)16/h6-8H,4-5,9-10H2,1-3H3,(H,17,18). The van der Waals surface area contributed by atoms with Crippen molar-refractivity contribution in [3.05, 3.63) is 28.2 Å². The Bertz CT molecular complexity index is 481. The average molecular weight is 341 g/mol. The minimum atomic E-state index is 0.403. The number of thioether (sulfide) groups is 1. The van der Waals surface area contributed by atoms with Crippen LogP contribution < -0.4 is 5.32 Å². The van der Waals surface area contributed by atoms with E-state index in [0.29, 0.717) is 5.41 Å². The summed E-state index contributed by atoms with van der Waals surface area (Å²) < 4.78 is 1.10. The molecule has 0 amide bonds. The highest BCUT2D eigenvalue weighted by molar-refractivity contribution is 9.10. The van der Waals surface area contributed by atoms with Crippen LogP contribution in [0, 0.1) is 12.3 Å². The third kappa shape index (κ3) is 3.54. The first-order chi connectivity index (χ1) is 9.08. The highest BCUT2D eigenvalue weighted by atomic mass is 79.9. The van der Waals surface area contributed by atoms with Crippen molar-refractivity contribution in [2.45, 2.75) is 33.6 Å². The zero-order valence-electron chi connectivity index (χ0n) is 11.8. The van der Waals surface area contributed by atoms with Crippen molar-refractivity contribution in [3.8, 4) is 0 Å². The number of hydrogen-bond acceptors (Lipinski definition) is 3. The molecule has 0 radical (unpaired) electrons. The normalized spacial score (nSPS) is 18.0. The van der Waals surface area contributed by atoms with Crippen molar-refractivity contribution >= 4 is 38.5 Å². The van der Waals surface area contributed by atoms with Crippen molar-refractivity contribution < 1.29 is 0 Å². The van der Waals surface area contributed by atoms with Gasteiger partial charge in [-0.15, -0.1) is 0 Å². The fraction of sp³-hybridized carbons (Fsp3) is 0.533. The Morgan fingerprint density at radius 3 is 2.63 bits per heavy atom. The van der Waals surface area contributed by atoms with Gasteiger partial charge >= 0.3 is 0 Å². The van der Waals surface area contributed by atoms with E-state index in [1.54, 1.807) is 0 Å². The summed E-state index contributed by atoms with van der Waals surface area (Å²) in [5.41, 5.74) is 2.75. The van der Waals surface area contributed by atoms with Crippen LogP contribution in [0.1, 0.15) is 32.3 Å². The lowest BCUT2D eigenvalue weighted by Crippen LogP contribution is -2.32. The monoisotopic (exact) mass is 340 g/mol. The van der Waals surface area contributed by atoms with E-state index >= 15 is 0 Å². The fourth-order valence-corrected chi connectivity index (χ4v) is 4.02. The third-order valence-electron chi connectivity index (χ3n) is 3.94. The van der Waals surface area contributed by atoms with Gasteiger partial charge in [0.2, 0.25) is 0 Å². The highest BCUT2D eigenvalue weighted by Crippen LogP contribution is 2.36. The lowest BCUT2D eigenvalue weighted by molar-refractivity contribution is 0.318. The van der Waals surface area contributed by atoms with E-state index in [1.807, 2.05) is 11.8 Å². The molecular weight excluding hydrogens is 320 g/mol. The summed E-state index contributed by atoms with van der Waals surface area (Å²) >= 11 is 5.44. The number of nitrogens with zero attached hydrogens (tertiary/aromatic N) is 1. The molecule has 0 saturated heterocycles. The first-order valence-electron chi connectivity index (χ1n) is 6.79. The van der Waals surface area contributed by atoms with Gasteiger partial charge in [0.15, 0.2) is 5.17 Å². The molecule has 0 bridgehead atoms. The summed E-state index contributed by atoms with van der Waals surface area (Å²) in [6.07, 6.45) is 2.42. The molecule has 0 unspecified atom stereocenters. The van der Waals surface area contributed by atoms with Gasteiger partial charge in [-0.3, -0.25) is 4.99 Å². The molecular formula is C15H21BrN2S. The predicted octanol–water partition coefficient (Wildman–Crippen LogP) is 5.08. The second-order valence-corrected chi connectivity index (χ2v) is 7.04. The van der Waals surface area contributed by atoms with Gasteiger partial charge in [-0.1, -0.05) is 31.7 Å². The Hall–Kier alpha value is -0.480. The molecule has 1 aliphatic heterocycles. The molecule has 0 aliphatic carbocycles. The first kappa shape index (κ1) is 14.9. The number of rotatable bonds is 3. The van der Waals surface area contributed by atoms with Crippen LogP contribution in [0.3, 0.4) is 0 Å². The van der Waals surface area contributed by atoms with Crippen molar-refractivity contribution in [1.29, 1.82) is 0 Å². The molecule has 0 atom stereocenters. The zero-order valence-corrected chi connectivity index (χ0v) is 14.2. The molecule has 2 nitrogen and oxygen atoms in total. The van der Waals surface area contributed by atoms with Gasteiger partial charge in [0.25, 0.3) is 0 Å². The Morgan fingerprint density at radius 1 is 1.37 bits per heavy atom. The van der Waals surface area contributed by atoms with Crippen LogP contribution in [0.2, 0.25) is 0 Å². The van der Waals surface area contributed by atoms with E-state index in [0.717, 1.165) is 27.6 Å². The Labute approximate surface area is 128 Å². The van der Waals surface area contributed by atoms with Crippen molar-refractivity contribution in [1.82, 2.24) is 0 Å². The van der Waals surface area contributed by atoms with E-state index < -0.39 is 0 Å². The molecule has 1 heterocycles. The van der Waals surface area contributed by atoms with Crippen LogP contribution in [-0.4, -0.2) is 17.5 Å². The van der Waals surface area contributed by atoms with Gasteiger partial charge in [-0.2, -0.15) is 0 Å². The third-order valence-corrected chi connectivity index (χ3v) is 5.86. The molecule has 1 aromatic rings. The summed E-state index contributed by atoms with van der Waals surface area (Å²) in [5.74, 6) is 1.16. The van der Waals surface area contributed by atoms with Crippen LogP contribution in [0.4, 0.5) is 5.69 Å². The van der Waals surface area contributed by atoms with E-state index in [9.17, 15) is 0 Å². The molecule has 0 fully saturated rings. The zero-order chi connectivity index (χ0) is 13.9. The number of hydrogen-bond donors (Lipinski definition) is 1. The summed E-state index contributed by atoms with van der Waals surface area (Å²) in [5, 5.41) is 4.47. The second-order valence-electron chi connectivity index (χ2n) is 5.23. The molecule has 1 aromatic carbocycles. The minimum Gasteiger partial charge on any atom is -0.334 e. The molecule has 0 saturated carbocycles. The predicted molar refractivity (Wildman–Crippen MR) is 90.3 cm³/mol. The van der Waals surface area contributed by atoms with Crippen molar-refractivity contribution in [2.75, 3.05) is 17.6 Å². The van der Waals surface area contributed by atoms with Gasteiger partial charge in [0.05, 0.1) is 5.69 Å². The highest BCUT2D eigenvalue weighted by Gasteiger charge is 2.30. The van der Waals surface area contributed by atoms with Crippen LogP contribution >= 0.6 is 27.7 Å². The van der Waals surface area contributed by atoms with Crippen LogP contribution in [0.25, 0.3) is 0 Å². The van der Waals surface area contributed by atoms with Crippen LogP contribution in [0.5, 0.6) is 0 Å². The number of anilines is 1. The molecule has 19 heavy (non-hydrogen) atoms. The molecule has 0 aromatic heterocycles. The van der Waals surface area contributed by atoms with E-state index in [1.165, 1.54) is 18.4 Å². The van der Waals surface area contributed by atoms with E-state index in [4.69, 9.17) is 4.99 Å². The van der Waals surface area contributed by atoms with Gasteiger partial charge in [-0.25, -0.2) is 0 Å². The Kier molecular flexibility index (Phi) is 4.96.